The number of halogens is 3. The number of fused-ring (bicyclic) bond motifs is 1. The molecule has 2 heterocycles. The van der Waals surface area contributed by atoms with Crippen LogP contribution in [0.2, 0.25) is 5.02 Å². The molecule has 9 heteroatoms. The summed E-state index contributed by atoms with van der Waals surface area (Å²) in [5.41, 5.74) is 3.65. The molecule has 0 amide bonds. The minimum absolute atomic E-state index is 0.0550. The number of hydrogen-bond donors (Lipinski definition) is 2. The number of dihydropyridines is 1. The largest absolute Gasteiger partial charge is 0.367 e. The summed E-state index contributed by atoms with van der Waals surface area (Å²) in [5, 5.41) is 16.8. The molecule has 6 nitrogen and oxygen atoms in total. The van der Waals surface area contributed by atoms with Crippen molar-refractivity contribution in [3.05, 3.63) is 80.1 Å². The Morgan fingerprint density at radius 1 is 1.37 bits per heavy atom. The number of rotatable bonds is 4. The molecule has 150 valence electrons. The highest BCUT2D eigenvalue weighted by Gasteiger charge is 2.30. The van der Waals surface area contributed by atoms with Gasteiger partial charge in [-0.05, 0) is 51.8 Å². The van der Waals surface area contributed by atoms with Gasteiger partial charge in [-0.2, -0.15) is 10.4 Å². The zero-order valence-corrected chi connectivity index (χ0v) is 17.7. The van der Waals surface area contributed by atoms with Crippen LogP contribution in [0.25, 0.3) is 0 Å². The number of hydrazone groups is 1. The molecule has 0 bridgehead atoms. The zero-order chi connectivity index (χ0) is 21.3. The molecule has 2 aromatic rings. The summed E-state index contributed by atoms with van der Waals surface area (Å²) >= 11 is 9.17. The first-order chi connectivity index (χ1) is 14.5. The van der Waals surface area contributed by atoms with Gasteiger partial charge in [0, 0.05) is 23.3 Å². The van der Waals surface area contributed by atoms with Crippen molar-refractivity contribution in [2.24, 2.45) is 16.0 Å². The second-order valence-corrected chi connectivity index (χ2v) is 7.99. The van der Waals surface area contributed by atoms with Gasteiger partial charge in [0.25, 0.3) is 0 Å². The van der Waals surface area contributed by atoms with Crippen LogP contribution in [0.4, 0.5) is 4.39 Å². The van der Waals surface area contributed by atoms with Crippen molar-refractivity contribution < 1.29 is 9.18 Å². The van der Waals surface area contributed by atoms with Gasteiger partial charge in [-0.3, -0.25) is 15.2 Å². The Morgan fingerprint density at radius 2 is 2.20 bits per heavy atom. The molecule has 0 fully saturated rings. The number of nitrogens with one attached hydrogen (secondary N) is 2. The maximum absolute atomic E-state index is 15.0. The average molecular weight is 487 g/mol. The fourth-order valence-electron chi connectivity index (χ4n) is 3.33. The van der Waals surface area contributed by atoms with E-state index in [9.17, 15) is 9.18 Å². The Hall–Kier alpha value is -3.02. The Kier molecular flexibility index (Phi) is 5.66. The Bertz CT molecular complexity index is 1170. The molecular formula is C21H14BrClFN5O. The van der Waals surface area contributed by atoms with Crippen LogP contribution in [0, 0.1) is 23.1 Å². The first kappa shape index (κ1) is 20.3. The number of ketones is 1. The molecular weight excluding hydrogens is 473 g/mol. The van der Waals surface area contributed by atoms with E-state index in [4.69, 9.17) is 16.9 Å². The molecule has 2 aliphatic rings. The highest BCUT2D eigenvalue weighted by molar-refractivity contribution is 9.10. The van der Waals surface area contributed by atoms with Crippen molar-refractivity contribution in [3.63, 3.8) is 0 Å². The predicted molar refractivity (Wildman–Crippen MR) is 116 cm³/mol. The smallest absolute Gasteiger partial charge is 0.196 e. The zero-order valence-electron chi connectivity index (χ0n) is 15.4. The molecule has 2 N–H and O–H groups in total. The van der Waals surface area contributed by atoms with Gasteiger partial charge in [-0.1, -0.05) is 23.7 Å². The van der Waals surface area contributed by atoms with Crippen molar-refractivity contribution in [3.8, 4) is 6.07 Å². The fourth-order valence-corrected chi connectivity index (χ4v) is 3.90. The molecule has 0 spiro atoms. The van der Waals surface area contributed by atoms with Gasteiger partial charge in [0.2, 0.25) is 0 Å². The number of carbonyl (C=O) groups excluding carboxylic acids is 1. The van der Waals surface area contributed by atoms with Crippen LogP contribution in [0.5, 0.6) is 0 Å². The Morgan fingerprint density at radius 3 is 3.00 bits per heavy atom. The first-order valence-corrected chi connectivity index (χ1v) is 10.1. The molecule has 0 aliphatic carbocycles. The molecule has 0 aromatic heterocycles. The quantitative estimate of drug-likeness (QED) is 0.641. The van der Waals surface area contributed by atoms with Gasteiger partial charge in [0.15, 0.2) is 5.78 Å². The first-order valence-electron chi connectivity index (χ1n) is 8.97. The normalized spacial score (nSPS) is 18.9. The second-order valence-electron chi connectivity index (χ2n) is 6.70. The van der Waals surface area contributed by atoms with E-state index in [2.05, 4.69) is 36.8 Å². The van der Waals surface area contributed by atoms with Crippen LogP contribution in [-0.2, 0) is 6.54 Å². The molecule has 0 radical (unpaired) electrons. The Labute approximate surface area is 185 Å². The van der Waals surface area contributed by atoms with Gasteiger partial charge in [0.05, 0.1) is 27.6 Å². The van der Waals surface area contributed by atoms with Crippen molar-refractivity contribution in [1.29, 1.82) is 5.26 Å². The van der Waals surface area contributed by atoms with E-state index in [-0.39, 0.29) is 44.8 Å². The van der Waals surface area contributed by atoms with Gasteiger partial charge in [0.1, 0.15) is 17.8 Å². The lowest BCUT2D eigenvalue weighted by atomic mass is 9.96. The lowest BCUT2D eigenvalue weighted by Crippen LogP contribution is -2.34. The van der Waals surface area contributed by atoms with Crippen molar-refractivity contribution >= 4 is 45.4 Å². The number of benzene rings is 2. The van der Waals surface area contributed by atoms with Crippen LogP contribution in [0.15, 0.2) is 57.1 Å². The fraction of sp³-hybridized carbons (Fsp3) is 0.143. The molecule has 2 aliphatic heterocycles. The van der Waals surface area contributed by atoms with Crippen LogP contribution >= 0.6 is 27.5 Å². The third kappa shape index (κ3) is 3.86. The van der Waals surface area contributed by atoms with E-state index < -0.39 is 11.6 Å². The van der Waals surface area contributed by atoms with Gasteiger partial charge < -0.3 is 5.32 Å². The van der Waals surface area contributed by atoms with E-state index in [0.29, 0.717) is 11.4 Å². The average Bonchev–Trinajstić information content (AvgIpc) is 3.16. The lowest BCUT2D eigenvalue weighted by Gasteiger charge is -2.17. The van der Waals surface area contributed by atoms with Crippen LogP contribution < -0.4 is 10.7 Å². The van der Waals surface area contributed by atoms with Crippen molar-refractivity contribution in [1.82, 2.24) is 10.7 Å². The number of aliphatic imine (C=N–C) groups is 1. The van der Waals surface area contributed by atoms with E-state index in [1.807, 2.05) is 18.2 Å². The van der Waals surface area contributed by atoms with Crippen molar-refractivity contribution in [2.45, 2.75) is 12.7 Å². The summed E-state index contributed by atoms with van der Waals surface area (Å²) in [7, 11) is 0. The molecule has 2 aromatic carbocycles. The van der Waals surface area contributed by atoms with Gasteiger partial charge in [-0.15, -0.1) is 0 Å². The standard InChI is InChI=1S/C21H14BrClFN5O/c22-16-4-3-12(10-27-21-15-2-1-5-26-20(15)28-29-21)17(18(16)24)19(30)13-6-11(9-25)7-14(23)8-13/h1-8,15,20,28H,10H2,(H,27,29). The maximum atomic E-state index is 15.0. The van der Waals surface area contributed by atoms with E-state index in [1.54, 1.807) is 18.3 Å². The SMILES string of the molecule is N#Cc1cc(Cl)cc(C(=O)c2c(CNC3=NNC4N=CC=CC34)ccc(Br)c2F)c1. The number of amidine groups is 1. The highest BCUT2D eigenvalue weighted by Crippen LogP contribution is 2.27. The summed E-state index contributed by atoms with van der Waals surface area (Å²) in [4.78, 5) is 17.5. The van der Waals surface area contributed by atoms with Crippen LogP contribution in [0.1, 0.15) is 27.0 Å². The topological polar surface area (TPSA) is 89.6 Å². The third-order valence-corrected chi connectivity index (χ3v) is 5.61. The molecule has 0 saturated heterocycles. The highest BCUT2D eigenvalue weighted by atomic mass is 79.9. The molecule has 4 rings (SSSR count). The maximum Gasteiger partial charge on any atom is 0.196 e. The minimum Gasteiger partial charge on any atom is -0.367 e. The predicted octanol–water partition coefficient (Wildman–Crippen LogP) is 3.93. The van der Waals surface area contributed by atoms with Gasteiger partial charge in [-0.25, -0.2) is 4.39 Å². The third-order valence-electron chi connectivity index (χ3n) is 4.78. The number of nitrogens with zero attached hydrogens (tertiary/aromatic N) is 3. The van der Waals surface area contributed by atoms with E-state index >= 15 is 0 Å². The van der Waals surface area contributed by atoms with Gasteiger partial charge >= 0.3 is 0 Å². The summed E-state index contributed by atoms with van der Waals surface area (Å²) in [5.74, 6) is -0.634. The number of nitriles is 1. The monoisotopic (exact) mass is 485 g/mol. The summed E-state index contributed by atoms with van der Waals surface area (Å²) < 4.78 is 15.2. The molecule has 30 heavy (non-hydrogen) atoms. The number of allylic oxidation sites excluding steroid dienone is 1. The van der Waals surface area contributed by atoms with E-state index in [1.165, 1.54) is 18.2 Å². The molecule has 0 saturated carbocycles. The number of carbonyl (C=O) groups is 1. The van der Waals surface area contributed by atoms with Crippen molar-refractivity contribution in [2.75, 3.05) is 0 Å². The Balaban J connectivity index is 1.64. The second kappa shape index (κ2) is 8.38. The summed E-state index contributed by atoms with van der Waals surface area (Å²) in [6, 6.07) is 9.42. The molecule has 2 atom stereocenters. The summed E-state index contributed by atoms with van der Waals surface area (Å²) in [6.45, 7) is 0.179. The van der Waals surface area contributed by atoms with Crippen LogP contribution in [0.3, 0.4) is 0 Å². The van der Waals surface area contributed by atoms with Crippen LogP contribution in [-0.4, -0.2) is 24.0 Å². The minimum atomic E-state index is -0.677. The number of hydrogen-bond acceptors (Lipinski definition) is 6. The lowest BCUT2D eigenvalue weighted by molar-refractivity contribution is 0.103. The molecule has 2 unspecified atom stereocenters. The van der Waals surface area contributed by atoms with E-state index in [0.717, 1.165) is 0 Å². The summed E-state index contributed by atoms with van der Waals surface area (Å²) in [6.07, 6.45) is 5.34.